The van der Waals surface area contributed by atoms with E-state index in [-0.39, 0.29) is 23.1 Å². The van der Waals surface area contributed by atoms with E-state index in [1.807, 2.05) is 4.90 Å². The summed E-state index contributed by atoms with van der Waals surface area (Å²) in [6.07, 6.45) is 0.676. The summed E-state index contributed by atoms with van der Waals surface area (Å²) in [4.78, 5) is 14.0. The smallest absolute Gasteiger partial charge is 0.251 e. The van der Waals surface area contributed by atoms with Crippen LogP contribution in [0.5, 0.6) is 0 Å². The summed E-state index contributed by atoms with van der Waals surface area (Å²) in [5.74, 6) is -0.120. The number of nitrogens with zero attached hydrogens (tertiary/aromatic N) is 1. The Labute approximate surface area is 129 Å². The Balaban J connectivity index is 2.11. The topological polar surface area (TPSA) is 61.8 Å². The third-order valence-electron chi connectivity index (χ3n) is 5.26. The predicted octanol–water partition coefficient (Wildman–Crippen LogP) is 1.33. The number of rotatable bonds is 3. The molecular weight excluding hydrogens is 284 g/mol. The average molecular weight is 315 g/mol. The maximum atomic E-state index is 12.1. The highest BCUT2D eigenvalue weighted by molar-refractivity contribution is 6.74. The largest absolute Gasteiger partial charge is 0.411 e. The van der Waals surface area contributed by atoms with Crippen molar-refractivity contribution in [2.24, 2.45) is 0 Å². The van der Waals surface area contributed by atoms with Crippen molar-refractivity contribution in [2.45, 2.75) is 70.0 Å². The second kappa shape index (κ2) is 5.99. The van der Waals surface area contributed by atoms with Gasteiger partial charge in [-0.05, 0) is 37.5 Å². The summed E-state index contributed by atoms with van der Waals surface area (Å²) < 4.78 is 6.55. The molecule has 0 aromatic rings. The van der Waals surface area contributed by atoms with Gasteiger partial charge in [-0.3, -0.25) is 4.79 Å². The summed E-state index contributed by atoms with van der Waals surface area (Å²) >= 11 is 0. The van der Waals surface area contributed by atoms with E-state index in [1.165, 1.54) is 0 Å². The maximum Gasteiger partial charge on any atom is 0.251 e. The number of piperidine rings is 1. The molecule has 0 aliphatic carbocycles. The molecule has 21 heavy (non-hydrogen) atoms. The van der Waals surface area contributed by atoms with E-state index < -0.39 is 14.4 Å². The van der Waals surface area contributed by atoms with Gasteiger partial charge in [0.05, 0.1) is 12.1 Å². The van der Waals surface area contributed by atoms with Gasteiger partial charge in [0, 0.05) is 13.1 Å². The molecule has 2 rings (SSSR count). The van der Waals surface area contributed by atoms with Gasteiger partial charge in [-0.1, -0.05) is 20.8 Å². The molecule has 6 heteroatoms. The van der Waals surface area contributed by atoms with E-state index in [2.05, 4.69) is 39.2 Å². The molecule has 0 spiro atoms. The molecule has 2 aliphatic rings. The molecule has 122 valence electrons. The molecule has 5 nitrogen and oxygen atoms in total. The summed E-state index contributed by atoms with van der Waals surface area (Å²) in [5.41, 5.74) is 0. The van der Waals surface area contributed by atoms with Crippen LogP contribution in [0.15, 0.2) is 0 Å². The molecule has 0 bridgehead atoms. The Bertz CT molecular complexity index is 395. The maximum absolute atomic E-state index is 12.1. The molecule has 2 aliphatic heterocycles. The second-order valence-electron chi connectivity index (χ2n) is 7.81. The van der Waals surface area contributed by atoms with E-state index in [0.29, 0.717) is 13.0 Å². The van der Waals surface area contributed by atoms with Gasteiger partial charge in [-0.2, -0.15) is 0 Å². The molecule has 3 atom stereocenters. The monoisotopic (exact) mass is 314 g/mol. The van der Waals surface area contributed by atoms with Gasteiger partial charge in [-0.25, -0.2) is 0 Å². The second-order valence-corrected chi connectivity index (χ2v) is 12.6. The van der Waals surface area contributed by atoms with E-state index in [4.69, 9.17) is 4.43 Å². The van der Waals surface area contributed by atoms with E-state index in [9.17, 15) is 9.90 Å². The molecule has 0 radical (unpaired) electrons. The number of nitrogens with one attached hydrogen (secondary N) is 1. The summed E-state index contributed by atoms with van der Waals surface area (Å²) in [6.45, 7) is 13.5. The number of aliphatic hydroxyl groups is 1. The molecule has 0 aromatic carbocycles. The third-order valence-corrected chi connectivity index (χ3v) is 9.76. The van der Waals surface area contributed by atoms with Gasteiger partial charge in [0.15, 0.2) is 8.32 Å². The van der Waals surface area contributed by atoms with Gasteiger partial charge in [0.2, 0.25) is 0 Å². The molecule has 0 saturated carbocycles. The van der Waals surface area contributed by atoms with Crippen molar-refractivity contribution in [2.75, 3.05) is 19.6 Å². The molecule has 2 fully saturated rings. The first kappa shape index (κ1) is 16.9. The Morgan fingerprint density at radius 3 is 2.52 bits per heavy atom. The van der Waals surface area contributed by atoms with Gasteiger partial charge in [0.25, 0.3) is 5.91 Å². The van der Waals surface area contributed by atoms with Crippen LogP contribution in [0.3, 0.4) is 0 Å². The van der Waals surface area contributed by atoms with Crippen LogP contribution >= 0.6 is 0 Å². The SMILES string of the molecule is CC(C)(C)[Si](C)(C)OC1CNCCC1N1CCC(O)C1=O. The number of hydrogen-bond donors (Lipinski definition) is 2. The molecule has 3 unspecified atom stereocenters. The standard InChI is InChI=1S/C15H30N2O3Si/c1-15(2,3)21(4,5)20-13-10-16-8-6-11(13)17-9-7-12(18)14(17)19/h11-13,16,18H,6-10H2,1-5H3. The zero-order valence-corrected chi connectivity index (χ0v) is 15.0. The van der Waals surface area contributed by atoms with Crippen molar-refractivity contribution in [1.29, 1.82) is 0 Å². The zero-order chi connectivity index (χ0) is 15.8. The Morgan fingerprint density at radius 1 is 1.33 bits per heavy atom. The van der Waals surface area contributed by atoms with E-state index in [1.54, 1.807) is 0 Å². The summed E-state index contributed by atoms with van der Waals surface area (Å²) in [6, 6.07) is 0.102. The van der Waals surface area contributed by atoms with E-state index in [0.717, 1.165) is 19.5 Å². The molecule has 2 heterocycles. The lowest BCUT2D eigenvalue weighted by molar-refractivity contribution is -0.138. The van der Waals surface area contributed by atoms with E-state index >= 15 is 0 Å². The van der Waals surface area contributed by atoms with Crippen molar-refractivity contribution in [3.05, 3.63) is 0 Å². The van der Waals surface area contributed by atoms with Gasteiger partial charge in [-0.15, -0.1) is 0 Å². The first-order chi connectivity index (χ1) is 9.63. The Kier molecular flexibility index (Phi) is 4.83. The molecular formula is C15H30N2O3Si. The minimum Gasteiger partial charge on any atom is -0.411 e. The number of amides is 1. The number of carbonyl (C=O) groups is 1. The minimum absolute atomic E-state index is 0.0360. The highest BCUT2D eigenvalue weighted by Crippen LogP contribution is 2.38. The van der Waals surface area contributed by atoms with Crippen LogP contribution < -0.4 is 5.32 Å². The minimum atomic E-state index is -1.86. The van der Waals surface area contributed by atoms with Crippen molar-refractivity contribution >= 4 is 14.2 Å². The van der Waals surface area contributed by atoms with Crippen LogP contribution in [-0.2, 0) is 9.22 Å². The van der Waals surface area contributed by atoms with Gasteiger partial charge < -0.3 is 19.7 Å². The van der Waals surface area contributed by atoms with Crippen LogP contribution in [0.25, 0.3) is 0 Å². The van der Waals surface area contributed by atoms with Crippen molar-refractivity contribution in [3.8, 4) is 0 Å². The molecule has 2 saturated heterocycles. The van der Waals surface area contributed by atoms with Crippen LogP contribution in [0, 0.1) is 0 Å². The quantitative estimate of drug-likeness (QED) is 0.772. The van der Waals surface area contributed by atoms with Crippen LogP contribution in [0.2, 0.25) is 18.1 Å². The first-order valence-corrected chi connectivity index (χ1v) is 10.9. The van der Waals surface area contributed by atoms with Crippen LogP contribution in [0.1, 0.15) is 33.6 Å². The highest BCUT2D eigenvalue weighted by Gasteiger charge is 2.44. The fourth-order valence-electron chi connectivity index (χ4n) is 2.86. The Morgan fingerprint density at radius 2 is 2.00 bits per heavy atom. The van der Waals surface area contributed by atoms with Crippen LogP contribution in [-0.4, -0.2) is 62.1 Å². The summed E-state index contributed by atoms with van der Waals surface area (Å²) in [7, 11) is -1.86. The highest BCUT2D eigenvalue weighted by atomic mass is 28.4. The number of likely N-dealkylation sites (tertiary alicyclic amines) is 1. The third kappa shape index (κ3) is 3.49. The lowest BCUT2D eigenvalue weighted by Gasteiger charge is -2.45. The van der Waals surface area contributed by atoms with Crippen molar-refractivity contribution < 1.29 is 14.3 Å². The van der Waals surface area contributed by atoms with Crippen LogP contribution in [0.4, 0.5) is 0 Å². The lowest BCUT2D eigenvalue weighted by atomic mass is 10.0. The Hall–Kier alpha value is -0.433. The predicted molar refractivity (Wildman–Crippen MR) is 85.7 cm³/mol. The van der Waals surface area contributed by atoms with Gasteiger partial charge in [0.1, 0.15) is 6.10 Å². The summed E-state index contributed by atoms with van der Waals surface area (Å²) in [5, 5.41) is 13.2. The van der Waals surface area contributed by atoms with Crippen molar-refractivity contribution in [3.63, 3.8) is 0 Å². The lowest BCUT2D eigenvalue weighted by Crippen LogP contribution is -2.58. The molecule has 1 amide bonds. The fraction of sp³-hybridized carbons (Fsp3) is 0.933. The first-order valence-electron chi connectivity index (χ1n) is 8.00. The van der Waals surface area contributed by atoms with Gasteiger partial charge >= 0.3 is 0 Å². The number of hydrogen-bond acceptors (Lipinski definition) is 4. The molecule has 2 N–H and O–H groups in total. The zero-order valence-electron chi connectivity index (χ0n) is 14.0. The fourth-order valence-corrected chi connectivity index (χ4v) is 4.21. The normalized spacial score (nSPS) is 31.8. The average Bonchev–Trinajstić information content (AvgIpc) is 2.69. The number of aliphatic hydroxyl groups excluding tert-OH is 1. The number of carbonyl (C=O) groups excluding carboxylic acids is 1. The molecule has 0 aromatic heterocycles. The van der Waals surface area contributed by atoms with Crippen molar-refractivity contribution in [1.82, 2.24) is 10.2 Å².